The lowest BCUT2D eigenvalue weighted by atomic mass is 9.97. The first-order valence-corrected chi connectivity index (χ1v) is 6.91. The molecule has 0 bridgehead atoms. The predicted molar refractivity (Wildman–Crippen MR) is 78.2 cm³/mol. The number of aliphatic carboxylic acids is 1. The molecule has 122 valence electrons. The molecule has 1 heterocycles. The van der Waals surface area contributed by atoms with E-state index in [2.05, 4.69) is 0 Å². The standard InChI is InChI=1S/C14H14F2O3.C2H5F/c1-7(2)8-3-4-9-5-10(14(17)18)12(13(15)16)19-11(9)6-8;1-2-3/h3-7,12-13H,1-2H3,(H,17,18);2H2,1H3. The number of fused-ring (bicyclic) bond motifs is 1. The molecule has 0 saturated heterocycles. The third-order valence-corrected chi connectivity index (χ3v) is 3.05. The third-order valence-electron chi connectivity index (χ3n) is 3.05. The zero-order valence-corrected chi connectivity index (χ0v) is 12.6. The molecule has 0 radical (unpaired) electrons. The van der Waals surface area contributed by atoms with Gasteiger partial charge in [-0.05, 0) is 30.5 Å². The number of hydrogen-bond acceptors (Lipinski definition) is 2. The fourth-order valence-corrected chi connectivity index (χ4v) is 1.95. The Balaban J connectivity index is 0.000000745. The summed E-state index contributed by atoms with van der Waals surface area (Å²) in [5.41, 5.74) is 1.05. The second kappa shape index (κ2) is 7.87. The largest absolute Gasteiger partial charge is 0.479 e. The Morgan fingerprint density at radius 2 is 1.95 bits per heavy atom. The molecule has 0 saturated carbocycles. The summed E-state index contributed by atoms with van der Waals surface area (Å²) in [4.78, 5) is 11.0. The molecule has 0 amide bonds. The summed E-state index contributed by atoms with van der Waals surface area (Å²) in [5.74, 6) is -0.839. The van der Waals surface area contributed by atoms with Crippen LogP contribution in [0.3, 0.4) is 0 Å². The van der Waals surface area contributed by atoms with E-state index < -0.39 is 24.1 Å². The number of halogens is 3. The number of carbonyl (C=O) groups is 1. The Labute approximate surface area is 127 Å². The van der Waals surface area contributed by atoms with E-state index in [9.17, 15) is 18.0 Å². The van der Waals surface area contributed by atoms with Crippen molar-refractivity contribution >= 4 is 12.0 Å². The molecular weight excluding hydrogens is 297 g/mol. The maximum atomic E-state index is 12.9. The van der Waals surface area contributed by atoms with Crippen LogP contribution in [0.1, 0.15) is 37.8 Å². The maximum absolute atomic E-state index is 12.9. The van der Waals surface area contributed by atoms with Gasteiger partial charge in [-0.25, -0.2) is 13.6 Å². The van der Waals surface area contributed by atoms with Gasteiger partial charge in [0, 0.05) is 5.56 Å². The van der Waals surface area contributed by atoms with Gasteiger partial charge in [0.1, 0.15) is 5.75 Å². The van der Waals surface area contributed by atoms with Gasteiger partial charge in [-0.1, -0.05) is 26.0 Å². The highest BCUT2D eigenvalue weighted by Gasteiger charge is 2.34. The normalized spacial score (nSPS) is 16.4. The molecule has 1 aromatic rings. The number of hydrogen-bond donors (Lipinski definition) is 1. The molecule has 0 fully saturated rings. The summed E-state index contributed by atoms with van der Waals surface area (Å²) >= 11 is 0. The fourth-order valence-electron chi connectivity index (χ4n) is 1.95. The molecule has 0 aromatic heterocycles. The highest BCUT2D eigenvalue weighted by molar-refractivity contribution is 5.94. The zero-order valence-electron chi connectivity index (χ0n) is 12.6. The minimum absolute atomic E-state index is 0.240. The van der Waals surface area contributed by atoms with E-state index >= 15 is 0 Å². The van der Waals surface area contributed by atoms with Crippen LogP contribution < -0.4 is 4.74 Å². The van der Waals surface area contributed by atoms with Gasteiger partial charge in [0.2, 0.25) is 0 Å². The summed E-state index contributed by atoms with van der Waals surface area (Å²) in [5, 5.41) is 8.94. The number of carboxylic acids is 1. The minimum atomic E-state index is -2.88. The average molecular weight is 316 g/mol. The number of benzene rings is 1. The van der Waals surface area contributed by atoms with Crippen LogP contribution in [0.25, 0.3) is 6.08 Å². The van der Waals surface area contributed by atoms with Gasteiger partial charge in [0.25, 0.3) is 6.43 Å². The predicted octanol–water partition coefficient (Wildman–Crippen LogP) is 4.28. The van der Waals surface area contributed by atoms with Gasteiger partial charge in [-0.2, -0.15) is 0 Å². The Morgan fingerprint density at radius 3 is 2.41 bits per heavy atom. The van der Waals surface area contributed by atoms with Crippen molar-refractivity contribution in [3.8, 4) is 5.75 Å². The summed E-state index contributed by atoms with van der Waals surface area (Å²) in [6, 6.07) is 5.21. The highest BCUT2D eigenvalue weighted by atomic mass is 19.3. The van der Waals surface area contributed by atoms with E-state index in [4.69, 9.17) is 9.84 Å². The topological polar surface area (TPSA) is 46.5 Å². The van der Waals surface area contributed by atoms with Crippen molar-refractivity contribution < 1.29 is 27.8 Å². The summed E-state index contributed by atoms with van der Waals surface area (Å²) in [6.45, 7) is 5.17. The fraction of sp³-hybridized carbons (Fsp3) is 0.438. The molecular formula is C16H19F3O3. The molecule has 1 aromatic carbocycles. The SMILES string of the molecule is CC(C)c1ccc2c(c1)OC(C(F)F)C(C(=O)O)=C2.CCF. The minimum Gasteiger partial charge on any atom is -0.479 e. The van der Waals surface area contributed by atoms with E-state index in [-0.39, 0.29) is 12.6 Å². The van der Waals surface area contributed by atoms with E-state index in [0.717, 1.165) is 5.56 Å². The van der Waals surface area contributed by atoms with Crippen molar-refractivity contribution in [1.82, 2.24) is 0 Å². The number of ether oxygens (including phenoxy) is 1. The first-order chi connectivity index (χ1) is 10.3. The lowest BCUT2D eigenvalue weighted by Gasteiger charge is -2.25. The van der Waals surface area contributed by atoms with Crippen molar-refractivity contribution in [3.63, 3.8) is 0 Å². The van der Waals surface area contributed by atoms with Gasteiger partial charge >= 0.3 is 5.97 Å². The molecule has 6 heteroatoms. The van der Waals surface area contributed by atoms with Crippen molar-refractivity contribution in [2.75, 3.05) is 6.67 Å². The second-order valence-corrected chi connectivity index (χ2v) is 5.00. The highest BCUT2D eigenvalue weighted by Crippen LogP contribution is 2.34. The van der Waals surface area contributed by atoms with Crippen molar-refractivity contribution in [1.29, 1.82) is 0 Å². The zero-order chi connectivity index (χ0) is 16.9. The van der Waals surface area contributed by atoms with Crippen LogP contribution >= 0.6 is 0 Å². The first-order valence-electron chi connectivity index (χ1n) is 6.91. The molecule has 1 aliphatic heterocycles. The summed E-state index contributed by atoms with van der Waals surface area (Å²) in [6.07, 6.45) is -3.34. The van der Waals surface area contributed by atoms with Crippen molar-refractivity contribution in [3.05, 3.63) is 34.9 Å². The van der Waals surface area contributed by atoms with Crippen LogP contribution in [-0.2, 0) is 4.79 Å². The van der Waals surface area contributed by atoms with E-state index in [1.165, 1.54) is 13.0 Å². The Hall–Kier alpha value is -1.98. The monoisotopic (exact) mass is 316 g/mol. The van der Waals surface area contributed by atoms with Crippen LogP contribution in [0, 0.1) is 0 Å². The number of rotatable bonds is 3. The number of alkyl halides is 3. The van der Waals surface area contributed by atoms with Crippen molar-refractivity contribution in [2.45, 2.75) is 39.2 Å². The smallest absolute Gasteiger partial charge is 0.335 e. The van der Waals surface area contributed by atoms with Crippen molar-refractivity contribution in [2.24, 2.45) is 0 Å². The number of carboxylic acid groups (broad SMARTS) is 1. The summed E-state index contributed by atoms with van der Waals surface area (Å²) < 4.78 is 41.2. The molecule has 0 spiro atoms. The first kappa shape index (κ1) is 18.1. The van der Waals surface area contributed by atoms with E-state index in [1.807, 2.05) is 19.9 Å². The maximum Gasteiger partial charge on any atom is 0.335 e. The van der Waals surface area contributed by atoms with Crippen LogP contribution in [0.4, 0.5) is 13.2 Å². The molecule has 1 unspecified atom stereocenters. The second-order valence-electron chi connectivity index (χ2n) is 5.00. The Bertz CT molecular complexity index is 554. The van der Waals surface area contributed by atoms with Crippen LogP contribution in [0.15, 0.2) is 23.8 Å². The van der Waals surface area contributed by atoms with E-state index in [0.29, 0.717) is 11.3 Å². The lowest BCUT2D eigenvalue weighted by molar-refractivity contribution is -0.134. The molecule has 2 rings (SSSR count). The third kappa shape index (κ3) is 4.26. The Morgan fingerprint density at radius 1 is 1.36 bits per heavy atom. The van der Waals surface area contributed by atoms with Gasteiger partial charge < -0.3 is 9.84 Å². The molecule has 3 nitrogen and oxygen atoms in total. The van der Waals surface area contributed by atoms with Crippen LogP contribution in [0.5, 0.6) is 5.75 Å². The molecule has 0 aliphatic carbocycles. The van der Waals surface area contributed by atoms with Gasteiger partial charge in [0.05, 0.1) is 12.2 Å². The quantitative estimate of drug-likeness (QED) is 0.905. The average Bonchev–Trinajstić information content (AvgIpc) is 2.45. The summed E-state index contributed by atoms with van der Waals surface area (Å²) in [7, 11) is 0. The lowest BCUT2D eigenvalue weighted by Crippen LogP contribution is -2.33. The van der Waals surface area contributed by atoms with Gasteiger partial charge in [-0.15, -0.1) is 0 Å². The van der Waals surface area contributed by atoms with Gasteiger partial charge in [0.15, 0.2) is 6.10 Å². The molecule has 22 heavy (non-hydrogen) atoms. The molecule has 1 N–H and O–H groups in total. The van der Waals surface area contributed by atoms with Crippen LogP contribution in [-0.4, -0.2) is 30.3 Å². The Kier molecular flexibility index (Phi) is 6.46. The van der Waals surface area contributed by atoms with E-state index in [1.54, 1.807) is 12.1 Å². The van der Waals surface area contributed by atoms with Crippen LogP contribution in [0.2, 0.25) is 0 Å². The molecule has 1 aliphatic rings. The van der Waals surface area contributed by atoms with Gasteiger partial charge in [-0.3, -0.25) is 4.39 Å². The molecule has 1 atom stereocenters.